The van der Waals surface area contributed by atoms with Crippen molar-refractivity contribution < 1.29 is 9.59 Å². The zero-order chi connectivity index (χ0) is 11.5. The van der Waals surface area contributed by atoms with Gasteiger partial charge in [0.1, 0.15) is 6.29 Å². The molecule has 2 nitrogen and oxygen atoms in total. The van der Waals surface area contributed by atoms with Gasteiger partial charge in [0.25, 0.3) is 0 Å². The highest BCUT2D eigenvalue weighted by atomic mass is 16.1. The lowest BCUT2D eigenvalue weighted by molar-refractivity contribution is -0.111. The van der Waals surface area contributed by atoms with Crippen molar-refractivity contribution in [1.82, 2.24) is 0 Å². The molecular weight excluding hydrogens is 200 g/mol. The number of Topliss-reactive ketones (excluding diaryl/α,β-unsaturated/α-hetero) is 1. The predicted molar refractivity (Wildman–Crippen MR) is 62.2 cm³/mol. The number of carbonyl (C=O) groups excluding carboxylic acids is 2. The van der Waals surface area contributed by atoms with Crippen LogP contribution in [0.3, 0.4) is 0 Å². The molecule has 0 aromatic heterocycles. The summed E-state index contributed by atoms with van der Waals surface area (Å²) in [7, 11) is 0. The summed E-state index contributed by atoms with van der Waals surface area (Å²) in [6, 6.07) is 9.36. The lowest BCUT2D eigenvalue weighted by atomic mass is 9.86. The molecule has 0 bridgehead atoms. The first-order chi connectivity index (χ1) is 7.74. The zero-order valence-electron chi connectivity index (χ0n) is 9.43. The number of rotatable bonds is 3. The van der Waals surface area contributed by atoms with Crippen molar-refractivity contribution in [3.63, 3.8) is 0 Å². The van der Waals surface area contributed by atoms with E-state index in [0.29, 0.717) is 0 Å². The van der Waals surface area contributed by atoms with Gasteiger partial charge in [0.05, 0.1) is 0 Å². The monoisotopic (exact) mass is 216 g/mol. The van der Waals surface area contributed by atoms with Crippen LogP contribution >= 0.6 is 0 Å². The van der Waals surface area contributed by atoms with Crippen molar-refractivity contribution >= 4 is 12.1 Å². The second-order valence-corrected chi connectivity index (χ2v) is 4.57. The Labute approximate surface area is 95.7 Å². The van der Waals surface area contributed by atoms with Gasteiger partial charge in [-0.3, -0.25) is 4.79 Å². The molecule has 1 saturated carbocycles. The van der Waals surface area contributed by atoms with Crippen molar-refractivity contribution in [2.75, 3.05) is 0 Å². The Bertz CT molecular complexity index is 383. The van der Waals surface area contributed by atoms with E-state index in [1.165, 1.54) is 0 Å². The van der Waals surface area contributed by atoms with Crippen molar-refractivity contribution in [2.45, 2.75) is 19.8 Å². The molecule has 0 heterocycles. The summed E-state index contributed by atoms with van der Waals surface area (Å²) in [5, 5.41) is 0. The van der Waals surface area contributed by atoms with E-state index in [1.807, 2.05) is 37.3 Å². The molecule has 2 heteroatoms. The summed E-state index contributed by atoms with van der Waals surface area (Å²) in [4.78, 5) is 23.0. The Kier molecular flexibility index (Phi) is 3.18. The molecule has 1 aromatic carbocycles. The molecule has 0 spiro atoms. The van der Waals surface area contributed by atoms with Gasteiger partial charge in [-0.25, -0.2) is 0 Å². The summed E-state index contributed by atoms with van der Waals surface area (Å²) in [5.74, 6) is 0.470. The third kappa shape index (κ3) is 1.92. The standard InChI is InChI=1S/C14H16O2/c1-10-12(9-15)7-8-13(10)14(16)11-5-3-2-4-6-11/h2-6,9-10,12-13H,7-8H2,1H3/t10-,12-,13+/m1/s1. The Morgan fingerprint density at radius 3 is 2.50 bits per heavy atom. The first-order valence-corrected chi connectivity index (χ1v) is 5.78. The molecule has 2 rings (SSSR count). The Morgan fingerprint density at radius 2 is 1.94 bits per heavy atom. The molecule has 84 valence electrons. The molecule has 1 aliphatic carbocycles. The third-order valence-electron chi connectivity index (χ3n) is 3.69. The molecular formula is C14H16O2. The van der Waals surface area contributed by atoms with Gasteiger partial charge in [-0.05, 0) is 18.8 Å². The largest absolute Gasteiger partial charge is 0.303 e. The molecule has 0 N–H and O–H groups in total. The lowest BCUT2D eigenvalue weighted by Gasteiger charge is -2.16. The molecule has 16 heavy (non-hydrogen) atoms. The van der Waals surface area contributed by atoms with Crippen molar-refractivity contribution in [3.05, 3.63) is 35.9 Å². The van der Waals surface area contributed by atoms with Crippen LogP contribution in [0.1, 0.15) is 30.1 Å². The number of aldehydes is 1. The SMILES string of the molecule is C[C@H]1[C@@H](C(=O)c2ccccc2)CC[C@@H]1C=O. The van der Waals surface area contributed by atoms with Gasteiger partial charge in [-0.2, -0.15) is 0 Å². The van der Waals surface area contributed by atoms with Crippen LogP contribution in [0, 0.1) is 17.8 Å². The van der Waals surface area contributed by atoms with Crippen molar-refractivity contribution in [1.29, 1.82) is 0 Å². The minimum Gasteiger partial charge on any atom is -0.303 e. The smallest absolute Gasteiger partial charge is 0.166 e. The minimum absolute atomic E-state index is 0.0256. The Hall–Kier alpha value is -1.44. The van der Waals surface area contributed by atoms with Crippen molar-refractivity contribution in [3.8, 4) is 0 Å². The second-order valence-electron chi connectivity index (χ2n) is 4.57. The average molecular weight is 216 g/mol. The maximum Gasteiger partial charge on any atom is 0.166 e. The first-order valence-electron chi connectivity index (χ1n) is 5.78. The van der Waals surface area contributed by atoms with E-state index in [2.05, 4.69) is 0 Å². The van der Waals surface area contributed by atoms with Crippen LogP contribution in [0.2, 0.25) is 0 Å². The highest BCUT2D eigenvalue weighted by molar-refractivity contribution is 5.98. The molecule has 0 aliphatic heterocycles. The fourth-order valence-corrected chi connectivity index (χ4v) is 2.57. The van der Waals surface area contributed by atoms with Gasteiger partial charge in [0, 0.05) is 17.4 Å². The quantitative estimate of drug-likeness (QED) is 0.575. The molecule has 0 radical (unpaired) electrons. The highest BCUT2D eigenvalue weighted by Gasteiger charge is 2.37. The van der Waals surface area contributed by atoms with E-state index >= 15 is 0 Å². The van der Waals surface area contributed by atoms with E-state index in [9.17, 15) is 9.59 Å². The minimum atomic E-state index is 0.0256. The maximum atomic E-state index is 12.2. The Balaban J connectivity index is 2.15. The fraction of sp³-hybridized carbons (Fsp3) is 0.429. The lowest BCUT2D eigenvalue weighted by Crippen LogP contribution is -2.20. The van der Waals surface area contributed by atoms with Crippen LogP contribution < -0.4 is 0 Å². The number of hydrogen-bond donors (Lipinski definition) is 0. The summed E-state index contributed by atoms with van der Waals surface area (Å²) in [6.07, 6.45) is 2.70. The first kappa shape index (κ1) is 11.1. The maximum absolute atomic E-state index is 12.2. The van der Waals surface area contributed by atoms with Crippen LogP contribution in [0.15, 0.2) is 30.3 Å². The number of hydrogen-bond acceptors (Lipinski definition) is 2. The number of benzene rings is 1. The molecule has 3 atom stereocenters. The summed E-state index contributed by atoms with van der Waals surface area (Å²) in [6.45, 7) is 2.01. The van der Waals surface area contributed by atoms with Gasteiger partial charge in [0.15, 0.2) is 5.78 Å². The Morgan fingerprint density at radius 1 is 1.25 bits per heavy atom. The second kappa shape index (κ2) is 4.60. The van der Waals surface area contributed by atoms with Gasteiger partial charge in [-0.1, -0.05) is 37.3 Å². The molecule has 0 unspecified atom stereocenters. The molecule has 0 amide bonds. The predicted octanol–water partition coefficient (Wildman–Crippen LogP) is 2.73. The van der Waals surface area contributed by atoms with Gasteiger partial charge in [0.2, 0.25) is 0 Å². The zero-order valence-corrected chi connectivity index (χ0v) is 9.43. The van der Waals surface area contributed by atoms with Crippen LogP contribution in [-0.2, 0) is 4.79 Å². The van der Waals surface area contributed by atoms with E-state index in [0.717, 1.165) is 24.7 Å². The highest BCUT2D eigenvalue weighted by Crippen LogP contribution is 2.37. The van der Waals surface area contributed by atoms with Crippen LogP contribution in [0.4, 0.5) is 0 Å². The number of carbonyl (C=O) groups is 2. The topological polar surface area (TPSA) is 34.1 Å². The fourth-order valence-electron chi connectivity index (χ4n) is 2.57. The van der Waals surface area contributed by atoms with Crippen LogP contribution in [0.5, 0.6) is 0 Å². The van der Waals surface area contributed by atoms with Crippen LogP contribution in [0.25, 0.3) is 0 Å². The molecule has 1 aromatic rings. The molecule has 0 saturated heterocycles. The average Bonchev–Trinajstić information content (AvgIpc) is 2.70. The van der Waals surface area contributed by atoms with Crippen molar-refractivity contribution in [2.24, 2.45) is 17.8 Å². The van der Waals surface area contributed by atoms with E-state index in [4.69, 9.17) is 0 Å². The van der Waals surface area contributed by atoms with E-state index < -0.39 is 0 Å². The number of ketones is 1. The third-order valence-corrected chi connectivity index (χ3v) is 3.69. The summed E-state index contributed by atoms with van der Waals surface area (Å²) in [5.41, 5.74) is 0.769. The normalized spacial score (nSPS) is 28.9. The summed E-state index contributed by atoms with van der Waals surface area (Å²) >= 11 is 0. The summed E-state index contributed by atoms with van der Waals surface area (Å²) < 4.78 is 0. The molecule has 1 fully saturated rings. The molecule has 1 aliphatic rings. The van der Waals surface area contributed by atoms with E-state index in [-0.39, 0.29) is 23.5 Å². The van der Waals surface area contributed by atoms with E-state index in [1.54, 1.807) is 0 Å². The van der Waals surface area contributed by atoms with Crippen LogP contribution in [-0.4, -0.2) is 12.1 Å². The van der Waals surface area contributed by atoms with Gasteiger partial charge >= 0.3 is 0 Å². The van der Waals surface area contributed by atoms with Gasteiger partial charge in [-0.15, -0.1) is 0 Å². The van der Waals surface area contributed by atoms with Gasteiger partial charge < -0.3 is 4.79 Å².